The third kappa shape index (κ3) is 5.02. The lowest BCUT2D eigenvalue weighted by atomic mass is 10.3. The predicted molar refractivity (Wildman–Crippen MR) is 71.4 cm³/mol. The fourth-order valence-corrected chi connectivity index (χ4v) is 2.84. The van der Waals surface area contributed by atoms with Gasteiger partial charge in [0.1, 0.15) is 0 Å². The Hall–Kier alpha value is -1.26. The number of benzene rings is 1. The first-order valence-electron chi connectivity index (χ1n) is 5.38. The van der Waals surface area contributed by atoms with Crippen molar-refractivity contribution in [3.8, 4) is 0 Å². The highest BCUT2D eigenvalue weighted by molar-refractivity contribution is 7.92. The largest absolute Gasteiger partial charge is 0.269 e. The first-order valence-corrected chi connectivity index (χ1v) is 9.12. The average Bonchev–Trinajstić information content (AvgIpc) is 2.25. The van der Waals surface area contributed by atoms with E-state index in [4.69, 9.17) is 0 Å². The fourth-order valence-electron chi connectivity index (χ4n) is 1.46. The number of halogens is 2. The van der Waals surface area contributed by atoms with E-state index in [2.05, 4.69) is 4.72 Å². The Morgan fingerprint density at radius 2 is 1.70 bits per heavy atom. The second-order valence-corrected chi connectivity index (χ2v) is 7.84. The summed E-state index contributed by atoms with van der Waals surface area (Å²) < 4.78 is 73.9. The van der Waals surface area contributed by atoms with Gasteiger partial charge >= 0.3 is 0 Å². The second-order valence-electron chi connectivity index (χ2n) is 4.10. The standard InChI is InChI=1S/C10H14F2N2O4S2/c1-19(15,16)13-5-6-14(20(2,17)18)8-3-4-9(11)10(12)7-8/h3-4,7,13H,5-6H2,1-2H3. The molecule has 0 aliphatic carbocycles. The molecule has 114 valence electrons. The number of anilines is 1. The molecule has 1 aromatic rings. The molecule has 0 unspecified atom stereocenters. The highest BCUT2D eigenvalue weighted by Crippen LogP contribution is 2.20. The molecule has 0 spiro atoms. The molecule has 0 bridgehead atoms. The summed E-state index contributed by atoms with van der Waals surface area (Å²) in [5.74, 6) is -2.29. The maximum Gasteiger partial charge on any atom is 0.232 e. The summed E-state index contributed by atoms with van der Waals surface area (Å²) in [7, 11) is -7.22. The van der Waals surface area contributed by atoms with Crippen molar-refractivity contribution in [2.24, 2.45) is 0 Å². The van der Waals surface area contributed by atoms with E-state index < -0.39 is 31.7 Å². The van der Waals surface area contributed by atoms with Gasteiger partial charge in [-0.3, -0.25) is 4.31 Å². The van der Waals surface area contributed by atoms with Crippen molar-refractivity contribution in [2.45, 2.75) is 0 Å². The summed E-state index contributed by atoms with van der Waals surface area (Å²) in [6, 6.07) is 2.63. The molecule has 1 N–H and O–H groups in total. The van der Waals surface area contributed by atoms with Crippen LogP contribution in [0.15, 0.2) is 18.2 Å². The van der Waals surface area contributed by atoms with Crippen LogP contribution in [0.3, 0.4) is 0 Å². The van der Waals surface area contributed by atoms with Crippen LogP contribution in [0.4, 0.5) is 14.5 Å². The van der Waals surface area contributed by atoms with Gasteiger partial charge in [-0.2, -0.15) is 0 Å². The predicted octanol–water partition coefficient (Wildman–Crippen LogP) is 0.280. The van der Waals surface area contributed by atoms with E-state index >= 15 is 0 Å². The Labute approximate surface area is 116 Å². The van der Waals surface area contributed by atoms with E-state index in [0.717, 1.165) is 35.0 Å². The van der Waals surface area contributed by atoms with E-state index in [1.165, 1.54) is 0 Å². The van der Waals surface area contributed by atoms with E-state index in [1.807, 2.05) is 0 Å². The second kappa shape index (κ2) is 6.02. The van der Waals surface area contributed by atoms with Crippen LogP contribution < -0.4 is 9.03 Å². The van der Waals surface area contributed by atoms with Gasteiger partial charge in [0.15, 0.2) is 11.6 Å². The highest BCUT2D eigenvalue weighted by Gasteiger charge is 2.19. The first kappa shape index (κ1) is 16.8. The molecule has 10 heteroatoms. The van der Waals surface area contributed by atoms with Crippen LogP contribution in [-0.2, 0) is 20.0 Å². The zero-order valence-corrected chi connectivity index (χ0v) is 12.4. The minimum absolute atomic E-state index is 0.0818. The summed E-state index contributed by atoms with van der Waals surface area (Å²) in [4.78, 5) is 0. The van der Waals surface area contributed by atoms with E-state index in [-0.39, 0.29) is 18.8 Å². The molecule has 6 nitrogen and oxygen atoms in total. The molecule has 0 heterocycles. The van der Waals surface area contributed by atoms with Gasteiger partial charge in [-0.05, 0) is 12.1 Å². The van der Waals surface area contributed by atoms with Crippen molar-refractivity contribution in [3.63, 3.8) is 0 Å². The van der Waals surface area contributed by atoms with Crippen molar-refractivity contribution in [2.75, 3.05) is 29.9 Å². The number of sulfonamides is 2. The molecule has 0 aliphatic rings. The van der Waals surface area contributed by atoms with Crippen LogP contribution in [0.1, 0.15) is 0 Å². The number of nitrogens with zero attached hydrogens (tertiary/aromatic N) is 1. The Kier molecular flexibility index (Phi) is 5.05. The van der Waals surface area contributed by atoms with E-state index in [0.29, 0.717) is 0 Å². The lowest BCUT2D eigenvalue weighted by molar-refractivity contribution is 0.508. The first-order chi connectivity index (χ1) is 9.00. The van der Waals surface area contributed by atoms with Crippen molar-refractivity contribution >= 4 is 25.7 Å². The molecule has 0 saturated carbocycles. The van der Waals surface area contributed by atoms with Gasteiger partial charge < -0.3 is 0 Å². The molecular weight excluding hydrogens is 314 g/mol. The van der Waals surface area contributed by atoms with Crippen LogP contribution in [0.5, 0.6) is 0 Å². The van der Waals surface area contributed by atoms with Crippen LogP contribution >= 0.6 is 0 Å². The Balaban J connectivity index is 2.99. The van der Waals surface area contributed by atoms with Crippen molar-refractivity contribution in [1.82, 2.24) is 4.72 Å². The Bertz CT molecular complexity index is 689. The molecule has 0 saturated heterocycles. The summed E-state index contributed by atoms with van der Waals surface area (Å²) in [5.41, 5.74) is -0.0818. The number of nitrogens with one attached hydrogen (secondary N) is 1. The molecule has 0 radical (unpaired) electrons. The smallest absolute Gasteiger partial charge is 0.232 e. The van der Waals surface area contributed by atoms with Gasteiger partial charge in [-0.15, -0.1) is 0 Å². The Morgan fingerprint density at radius 1 is 1.10 bits per heavy atom. The fraction of sp³-hybridized carbons (Fsp3) is 0.400. The number of rotatable bonds is 6. The maximum absolute atomic E-state index is 13.1. The van der Waals surface area contributed by atoms with E-state index in [1.54, 1.807) is 0 Å². The van der Waals surface area contributed by atoms with Gasteiger partial charge in [0, 0.05) is 19.2 Å². The number of hydrogen-bond donors (Lipinski definition) is 1. The van der Waals surface area contributed by atoms with Gasteiger partial charge in [0.05, 0.1) is 18.2 Å². The minimum Gasteiger partial charge on any atom is -0.269 e. The lowest BCUT2D eigenvalue weighted by Crippen LogP contribution is -2.37. The lowest BCUT2D eigenvalue weighted by Gasteiger charge is -2.22. The van der Waals surface area contributed by atoms with Crippen LogP contribution in [-0.4, -0.2) is 42.4 Å². The molecule has 1 rings (SSSR count). The summed E-state index contributed by atoms with van der Waals surface area (Å²) in [5, 5.41) is 0. The molecule has 0 aromatic heterocycles. The molecule has 0 amide bonds. The van der Waals surface area contributed by atoms with Gasteiger partial charge in [-0.25, -0.2) is 30.3 Å². The van der Waals surface area contributed by atoms with Gasteiger partial charge in [0.2, 0.25) is 20.0 Å². The third-order valence-electron chi connectivity index (χ3n) is 2.27. The highest BCUT2D eigenvalue weighted by atomic mass is 32.2. The van der Waals surface area contributed by atoms with Gasteiger partial charge in [0.25, 0.3) is 0 Å². The Morgan fingerprint density at radius 3 is 2.15 bits per heavy atom. The molecule has 0 aliphatic heterocycles. The summed E-state index contributed by atoms with van der Waals surface area (Å²) in [6.07, 6.45) is 1.81. The topological polar surface area (TPSA) is 83.6 Å². The van der Waals surface area contributed by atoms with Crippen molar-refractivity contribution in [1.29, 1.82) is 0 Å². The van der Waals surface area contributed by atoms with E-state index in [9.17, 15) is 25.6 Å². The average molecular weight is 328 g/mol. The minimum atomic E-state index is -3.76. The van der Waals surface area contributed by atoms with Crippen LogP contribution in [0.25, 0.3) is 0 Å². The van der Waals surface area contributed by atoms with Gasteiger partial charge in [-0.1, -0.05) is 0 Å². The monoisotopic (exact) mass is 328 g/mol. The maximum atomic E-state index is 13.1. The quantitative estimate of drug-likeness (QED) is 0.813. The zero-order chi connectivity index (χ0) is 15.6. The summed E-state index contributed by atoms with van der Waals surface area (Å²) >= 11 is 0. The van der Waals surface area contributed by atoms with Crippen molar-refractivity contribution in [3.05, 3.63) is 29.8 Å². The van der Waals surface area contributed by atoms with Crippen LogP contribution in [0, 0.1) is 11.6 Å². The molecular formula is C10H14F2N2O4S2. The molecule has 0 atom stereocenters. The number of hydrogen-bond acceptors (Lipinski definition) is 4. The molecule has 20 heavy (non-hydrogen) atoms. The normalized spacial score (nSPS) is 12.4. The summed E-state index contributed by atoms with van der Waals surface area (Å²) in [6.45, 7) is -0.429. The SMILES string of the molecule is CS(=O)(=O)NCCN(c1ccc(F)c(F)c1)S(C)(=O)=O. The molecule has 0 fully saturated rings. The van der Waals surface area contributed by atoms with Crippen LogP contribution in [0.2, 0.25) is 0 Å². The third-order valence-corrected chi connectivity index (χ3v) is 4.19. The molecule has 1 aromatic carbocycles. The van der Waals surface area contributed by atoms with Crippen molar-refractivity contribution < 1.29 is 25.6 Å². The zero-order valence-electron chi connectivity index (χ0n) is 10.8.